The van der Waals surface area contributed by atoms with Gasteiger partial charge >= 0.3 is 0 Å². The average Bonchev–Trinajstić information content (AvgIpc) is 3.28. The van der Waals surface area contributed by atoms with Gasteiger partial charge in [0.05, 0.1) is 13.2 Å². The normalized spacial score (nSPS) is 22.1. The van der Waals surface area contributed by atoms with Crippen LogP contribution in [0.4, 0.5) is 0 Å². The van der Waals surface area contributed by atoms with Crippen LogP contribution >= 0.6 is 11.8 Å². The Morgan fingerprint density at radius 2 is 2.12 bits per heavy atom. The van der Waals surface area contributed by atoms with Crippen LogP contribution in [0.15, 0.2) is 27.8 Å². The minimum Gasteiger partial charge on any atom is -0.454 e. The van der Waals surface area contributed by atoms with E-state index < -0.39 is 0 Å². The summed E-state index contributed by atoms with van der Waals surface area (Å²) < 4.78 is 22.4. The summed E-state index contributed by atoms with van der Waals surface area (Å²) in [4.78, 5) is 1.61. The predicted molar refractivity (Wildman–Crippen MR) is 96.7 cm³/mol. The summed E-state index contributed by atoms with van der Waals surface area (Å²) in [6.07, 6.45) is 0.225. The molecule has 2 aliphatic rings. The monoisotopic (exact) mass is 378 g/mol. The van der Waals surface area contributed by atoms with Crippen molar-refractivity contribution in [2.24, 2.45) is 5.92 Å². The van der Waals surface area contributed by atoms with Crippen molar-refractivity contribution >= 4 is 11.8 Å². The van der Waals surface area contributed by atoms with Crippen LogP contribution in [0.1, 0.15) is 13.8 Å². The van der Waals surface area contributed by atoms with Gasteiger partial charge in [-0.25, -0.2) is 0 Å². The van der Waals surface area contributed by atoms with Gasteiger partial charge in [-0.15, -0.1) is 10.2 Å². The Morgan fingerprint density at radius 1 is 1.23 bits per heavy atom. The second-order valence-electron chi connectivity index (χ2n) is 7.05. The highest BCUT2D eigenvalue weighted by Gasteiger charge is 2.25. The van der Waals surface area contributed by atoms with Crippen molar-refractivity contribution in [3.8, 4) is 23.0 Å². The lowest BCUT2D eigenvalue weighted by molar-refractivity contribution is -0.914. The summed E-state index contributed by atoms with van der Waals surface area (Å²) in [6.45, 7) is 8.92. The molecule has 0 spiro atoms. The summed E-state index contributed by atoms with van der Waals surface area (Å²) in [6, 6.07) is 5.62. The standard InChI is InChI=1S/C18H23N3O4S/c1-12(2)8-21-5-6-22-14(9-21)10-26-18-20-19-17(25-18)13-3-4-15-16(7-13)24-11-23-15/h3-4,7,12,14H,5-6,8-11H2,1-2H3/p+1/t14-/m1/s1. The highest BCUT2D eigenvalue weighted by Crippen LogP contribution is 2.36. The van der Waals surface area contributed by atoms with Gasteiger partial charge in [0.1, 0.15) is 19.2 Å². The molecular formula is C18H24N3O4S+. The zero-order valence-electron chi connectivity index (χ0n) is 15.1. The molecule has 1 fully saturated rings. The first kappa shape index (κ1) is 17.6. The minimum absolute atomic E-state index is 0.225. The molecule has 2 atom stereocenters. The molecule has 2 aliphatic heterocycles. The molecule has 0 amide bonds. The maximum absolute atomic E-state index is 5.89. The van der Waals surface area contributed by atoms with Crippen LogP contribution in [0.25, 0.3) is 11.5 Å². The second kappa shape index (κ2) is 7.85. The van der Waals surface area contributed by atoms with Crippen LogP contribution < -0.4 is 14.4 Å². The number of fused-ring (bicyclic) bond motifs is 1. The molecule has 0 radical (unpaired) electrons. The molecule has 1 unspecified atom stereocenters. The number of aromatic nitrogens is 2. The smallest absolute Gasteiger partial charge is 0.276 e. The third kappa shape index (κ3) is 4.13. The number of hydrogen-bond acceptors (Lipinski definition) is 7. The van der Waals surface area contributed by atoms with Gasteiger partial charge in [-0.3, -0.25) is 0 Å². The van der Waals surface area contributed by atoms with Crippen molar-refractivity contribution in [3.05, 3.63) is 18.2 Å². The third-order valence-corrected chi connectivity index (χ3v) is 5.39. The maximum atomic E-state index is 5.89. The summed E-state index contributed by atoms with van der Waals surface area (Å²) in [5.74, 6) is 3.47. The molecule has 0 aliphatic carbocycles. The zero-order valence-corrected chi connectivity index (χ0v) is 15.9. The van der Waals surface area contributed by atoms with Crippen molar-refractivity contribution in [3.63, 3.8) is 0 Å². The van der Waals surface area contributed by atoms with Gasteiger partial charge in [0.25, 0.3) is 5.22 Å². The number of ether oxygens (including phenoxy) is 3. The molecule has 1 aromatic carbocycles. The molecule has 4 rings (SSSR count). The van der Waals surface area contributed by atoms with Crippen molar-refractivity contribution in [2.75, 3.05) is 38.8 Å². The molecule has 8 heteroatoms. The summed E-state index contributed by atoms with van der Waals surface area (Å²) in [5.41, 5.74) is 0.829. The lowest BCUT2D eigenvalue weighted by Gasteiger charge is -2.30. The average molecular weight is 378 g/mol. The van der Waals surface area contributed by atoms with Gasteiger partial charge in [-0.1, -0.05) is 25.6 Å². The molecule has 1 N–H and O–H groups in total. The van der Waals surface area contributed by atoms with E-state index in [2.05, 4.69) is 24.0 Å². The van der Waals surface area contributed by atoms with E-state index in [1.165, 1.54) is 6.54 Å². The van der Waals surface area contributed by atoms with Crippen molar-refractivity contribution in [1.29, 1.82) is 0 Å². The Bertz CT molecular complexity index is 752. The van der Waals surface area contributed by atoms with E-state index in [0.29, 0.717) is 22.8 Å². The van der Waals surface area contributed by atoms with Crippen LogP contribution in [0.2, 0.25) is 0 Å². The maximum Gasteiger partial charge on any atom is 0.276 e. The van der Waals surface area contributed by atoms with E-state index in [-0.39, 0.29) is 12.9 Å². The quantitative estimate of drug-likeness (QED) is 0.764. The Kier molecular flexibility index (Phi) is 5.33. The first-order valence-electron chi connectivity index (χ1n) is 8.99. The molecule has 26 heavy (non-hydrogen) atoms. The SMILES string of the molecule is CC(C)C[NH+]1CCO[C@@H](CSc2nnc(-c3ccc4c(c3)OCO4)o2)C1. The largest absolute Gasteiger partial charge is 0.454 e. The van der Waals surface area contributed by atoms with Gasteiger partial charge < -0.3 is 23.5 Å². The third-order valence-electron chi connectivity index (χ3n) is 4.44. The fourth-order valence-corrected chi connectivity index (χ4v) is 4.08. The van der Waals surface area contributed by atoms with E-state index in [4.69, 9.17) is 18.6 Å². The lowest BCUT2D eigenvalue weighted by Crippen LogP contribution is -3.15. The molecule has 1 saturated heterocycles. The zero-order chi connectivity index (χ0) is 17.9. The fourth-order valence-electron chi connectivity index (χ4n) is 3.30. The minimum atomic E-state index is 0.225. The summed E-state index contributed by atoms with van der Waals surface area (Å²) in [7, 11) is 0. The van der Waals surface area contributed by atoms with E-state index >= 15 is 0 Å². The number of hydrogen-bond donors (Lipinski definition) is 1. The van der Waals surface area contributed by atoms with Gasteiger partial charge in [-0.05, 0) is 18.2 Å². The Balaban J connectivity index is 1.34. The molecule has 0 saturated carbocycles. The Hall–Kier alpha value is -1.77. The van der Waals surface area contributed by atoms with Crippen LogP contribution in [0.3, 0.4) is 0 Å². The number of quaternary nitrogens is 1. The van der Waals surface area contributed by atoms with E-state index in [9.17, 15) is 0 Å². The molecule has 3 heterocycles. The van der Waals surface area contributed by atoms with Crippen LogP contribution in [-0.4, -0.2) is 55.1 Å². The van der Waals surface area contributed by atoms with Crippen molar-refractivity contribution < 1.29 is 23.5 Å². The first-order valence-corrected chi connectivity index (χ1v) is 9.97. The van der Waals surface area contributed by atoms with E-state index in [1.54, 1.807) is 16.7 Å². The van der Waals surface area contributed by atoms with E-state index in [0.717, 1.165) is 36.8 Å². The Labute approximate surface area is 157 Å². The number of nitrogens with zero attached hydrogens (tertiary/aromatic N) is 2. The second-order valence-corrected chi connectivity index (χ2v) is 8.02. The van der Waals surface area contributed by atoms with Crippen LogP contribution in [0, 0.1) is 5.92 Å². The van der Waals surface area contributed by atoms with Crippen molar-refractivity contribution in [1.82, 2.24) is 10.2 Å². The van der Waals surface area contributed by atoms with Crippen molar-refractivity contribution in [2.45, 2.75) is 25.2 Å². The molecule has 0 bridgehead atoms. The number of nitrogens with one attached hydrogen (secondary N) is 1. The van der Waals surface area contributed by atoms with Gasteiger partial charge in [0.2, 0.25) is 12.7 Å². The Morgan fingerprint density at radius 3 is 3.00 bits per heavy atom. The molecule has 140 valence electrons. The molecule has 7 nitrogen and oxygen atoms in total. The van der Waals surface area contributed by atoms with Gasteiger partial charge in [0, 0.05) is 17.2 Å². The molecule has 2 aromatic rings. The number of rotatable bonds is 6. The summed E-state index contributed by atoms with van der Waals surface area (Å²) >= 11 is 1.55. The first-order chi connectivity index (χ1) is 12.7. The summed E-state index contributed by atoms with van der Waals surface area (Å²) in [5, 5.41) is 8.87. The van der Waals surface area contributed by atoms with Gasteiger partial charge in [0.15, 0.2) is 11.5 Å². The van der Waals surface area contributed by atoms with E-state index in [1.807, 2.05) is 18.2 Å². The number of thioether (sulfide) groups is 1. The van der Waals surface area contributed by atoms with Gasteiger partial charge in [-0.2, -0.15) is 0 Å². The molecular weight excluding hydrogens is 354 g/mol. The van der Waals surface area contributed by atoms with Crippen LogP contribution in [0.5, 0.6) is 11.5 Å². The predicted octanol–water partition coefficient (Wildman–Crippen LogP) is 1.50. The van der Waals surface area contributed by atoms with Crippen LogP contribution in [-0.2, 0) is 4.74 Å². The number of morpholine rings is 1. The topological polar surface area (TPSA) is 71.1 Å². The highest BCUT2D eigenvalue weighted by atomic mass is 32.2. The lowest BCUT2D eigenvalue weighted by atomic mass is 10.2. The molecule has 1 aromatic heterocycles. The fraction of sp³-hybridized carbons (Fsp3) is 0.556. The highest BCUT2D eigenvalue weighted by molar-refractivity contribution is 7.99. The number of benzene rings is 1.